The molecule has 0 heterocycles. The number of amides is 1. The van der Waals surface area contributed by atoms with Crippen LogP contribution >= 0.6 is 0 Å². The second kappa shape index (κ2) is 6.93. The highest BCUT2D eigenvalue weighted by Gasteiger charge is 2.10. The van der Waals surface area contributed by atoms with Crippen molar-refractivity contribution in [3.05, 3.63) is 65.2 Å². The molecule has 0 bridgehead atoms. The third-order valence-corrected chi connectivity index (χ3v) is 3.46. The number of carbonyl (C=O) groups excluding carboxylic acids is 1. The quantitative estimate of drug-likeness (QED) is 0.913. The Labute approximate surface area is 126 Å². The number of ether oxygens (including phenoxy) is 1. The minimum Gasteiger partial charge on any atom is -0.497 e. The van der Waals surface area contributed by atoms with Crippen LogP contribution < -0.4 is 10.1 Å². The molecular weight excluding hydrogens is 262 g/mol. The largest absolute Gasteiger partial charge is 0.497 e. The number of hydrogen-bond acceptors (Lipinski definition) is 2. The summed E-state index contributed by atoms with van der Waals surface area (Å²) >= 11 is 0. The number of aryl methyl sites for hydroxylation is 1. The van der Waals surface area contributed by atoms with Gasteiger partial charge in [0.15, 0.2) is 0 Å². The highest BCUT2D eigenvalue weighted by molar-refractivity contribution is 5.79. The van der Waals surface area contributed by atoms with E-state index in [1.807, 2.05) is 62.4 Å². The number of methoxy groups -OCH3 is 1. The van der Waals surface area contributed by atoms with Gasteiger partial charge in [0, 0.05) is 0 Å². The molecule has 0 aliphatic rings. The molecule has 1 N–H and O–H groups in total. The lowest BCUT2D eigenvalue weighted by molar-refractivity contribution is -0.121. The van der Waals surface area contributed by atoms with Crippen LogP contribution in [0.1, 0.15) is 29.7 Å². The number of rotatable bonds is 5. The number of nitrogens with one attached hydrogen (secondary N) is 1. The zero-order valence-electron chi connectivity index (χ0n) is 12.7. The van der Waals surface area contributed by atoms with Crippen LogP contribution in [0.3, 0.4) is 0 Å². The second-order valence-electron chi connectivity index (χ2n) is 5.23. The number of hydrogen-bond donors (Lipinski definition) is 1. The van der Waals surface area contributed by atoms with E-state index in [-0.39, 0.29) is 11.9 Å². The molecule has 0 fully saturated rings. The molecule has 0 aliphatic heterocycles. The Morgan fingerprint density at radius 2 is 1.90 bits per heavy atom. The Hall–Kier alpha value is -2.29. The summed E-state index contributed by atoms with van der Waals surface area (Å²) in [6.45, 7) is 4.01. The SMILES string of the molecule is COc1cccc([C@@H](C)NC(=O)Cc2ccc(C)cc2)c1. The third-order valence-electron chi connectivity index (χ3n) is 3.46. The molecule has 110 valence electrons. The molecule has 0 radical (unpaired) electrons. The number of benzene rings is 2. The average Bonchev–Trinajstić information content (AvgIpc) is 2.49. The van der Waals surface area contributed by atoms with E-state index < -0.39 is 0 Å². The maximum Gasteiger partial charge on any atom is 0.224 e. The average molecular weight is 283 g/mol. The molecule has 21 heavy (non-hydrogen) atoms. The fourth-order valence-corrected chi connectivity index (χ4v) is 2.18. The van der Waals surface area contributed by atoms with Crippen LogP contribution in [-0.2, 0) is 11.2 Å². The summed E-state index contributed by atoms with van der Waals surface area (Å²) in [5.74, 6) is 0.821. The molecule has 2 aromatic carbocycles. The number of carbonyl (C=O) groups is 1. The van der Waals surface area contributed by atoms with Crippen molar-refractivity contribution >= 4 is 5.91 Å². The van der Waals surface area contributed by atoms with Crippen molar-refractivity contribution < 1.29 is 9.53 Å². The van der Waals surface area contributed by atoms with Crippen LogP contribution in [0.2, 0.25) is 0 Å². The fourth-order valence-electron chi connectivity index (χ4n) is 2.18. The molecule has 0 aromatic heterocycles. The topological polar surface area (TPSA) is 38.3 Å². The van der Waals surface area contributed by atoms with Gasteiger partial charge in [-0.2, -0.15) is 0 Å². The van der Waals surface area contributed by atoms with Crippen molar-refractivity contribution in [3.8, 4) is 5.75 Å². The summed E-state index contributed by atoms with van der Waals surface area (Å²) in [4.78, 5) is 12.1. The van der Waals surface area contributed by atoms with Gasteiger partial charge in [-0.05, 0) is 37.1 Å². The van der Waals surface area contributed by atoms with E-state index in [9.17, 15) is 4.79 Å². The molecule has 0 saturated carbocycles. The van der Waals surface area contributed by atoms with Crippen LogP contribution in [0.15, 0.2) is 48.5 Å². The first-order chi connectivity index (χ1) is 10.1. The van der Waals surface area contributed by atoms with E-state index in [1.165, 1.54) is 5.56 Å². The van der Waals surface area contributed by atoms with E-state index in [0.717, 1.165) is 16.9 Å². The van der Waals surface area contributed by atoms with Gasteiger partial charge in [-0.15, -0.1) is 0 Å². The summed E-state index contributed by atoms with van der Waals surface area (Å²) in [7, 11) is 1.64. The monoisotopic (exact) mass is 283 g/mol. The molecule has 2 aromatic rings. The summed E-state index contributed by atoms with van der Waals surface area (Å²) in [5.41, 5.74) is 3.26. The van der Waals surface area contributed by atoms with Gasteiger partial charge in [0.05, 0.1) is 19.6 Å². The standard InChI is InChI=1S/C18H21NO2/c1-13-7-9-15(10-8-13)11-18(20)19-14(2)16-5-4-6-17(12-16)21-3/h4-10,12,14H,11H2,1-3H3,(H,19,20)/t14-/m1/s1. The normalized spacial score (nSPS) is 11.8. The summed E-state index contributed by atoms with van der Waals surface area (Å²) in [6, 6.07) is 15.7. The van der Waals surface area contributed by atoms with Crippen molar-refractivity contribution in [1.29, 1.82) is 0 Å². The molecule has 1 amide bonds. The van der Waals surface area contributed by atoms with Gasteiger partial charge in [-0.3, -0.25) is 4.79 Å². The predicted molar refractivity (Wildman–Crippen MR) is 84.4 cm³/mol. The third kappa shape index (κ3) is 4.35. The molecular formula is C18H21NO2. The summed E-state index contributed by atoms with van der Waals surface area (Å²) < 4.78 is 5.20. The van der Waals surface area contributed by atoms with Crippen LogP contribution in [0.4, 0.5) is 0 Å². The smallest absolute Gasteiger partial charge is 0.224 e. The molecule has 0 spiro atoms. The summed E-state index contributed by atoms with van der Waals surface area (Å²) in [6.07, 6.45) is 0.397. The van der Waals surface area contributed by atoms with Crippen LogP contribution in [-0.4, -0.2) is 13.0 Å². The van der Waals surface area contributed by atoms with Gasteiger partial charge in [0.25, 0.3) is 0 Å². The molecule has 0 aliphatic carbocycles. The minimum atomic E-state index is -0.0435. The van der Waals surface area contributed by atoms with Crippen molar-refractivity contribution in [2.45, 2.75) is 26.3 Å². The summed E-state index contributed by atoms with van der Waals surface area (Å²) in [5, 5.41) is 3.02. The predicted octanol–water partition coefficient (Wildman–Crippen LogP) is 3.42. The van der Waals surface area contributed by atoms with Gasteiger partial charge in [0.2, 0.25) is 5.91 Å². The van der Waals surface area contributed by atoms with E-state index in [4.69, 9.17) is 4.74 Å². The van der Waals surface area contributed by atoms with Crippen LogP contribution in [0.5, 0.6) is 5.75 Å². The first-order valence-electron chi connectivity index (χ1n) is 7.07. The maximum absolute atomic E-state index is 12.1. The molecule has 3 heteroatoms. The first-order valence-corrected chi connectivity index (χ1v) is 7.07. The lowest BCUT2D eigenvalue weighted by atomic mass is 10.1. The van der Waals surface area contributed by atoms with Crippen molar-refractivity contribution in [2.24, 2.45) is 0 Å². The lowest BCUT2D eigenvalue weighted by Gasteiger charge is -2.15. The van der Waals surface area contributed by atoms with Crippen molar-refractivity contribution in [1.82, 2.24) is 5.32 Å². The fraction of sp³-hybridized carbons (Fsp3) is 0.278. The Morgan fingerprint density at radius 3 is 2.57 bits per heavy atom. The minimum absolute atomic E-state index is 0.0224. The van der Waals surface area contributed by atoms with Crippen molar-refractivity contribution in [2.75, 3.05) is 7.11 Å². The van der Waals surface area contributed by atoms with Gasteiger partial charge in [-0.25, -0.2) is 0 Å². The molecule has 0 unspecified atom stereocenters. The van der Waals surface area contributed by atoms with Crippen LogP contribution in [0, 0.1) is 6.92 Å². The van der Waals surface area contributed by atoms with E-state index in [2.05, 4.69) is 5.32 Å². The zero-order chi connectivity index (χ0) is 15.2. The second-order valence-corrected chi connectivity index (χ2v) is 5.23. The zero-order valence-corrected chi connectivity index (χ0v) is 12.7. The van der Waals surface area contributed by atoms with Gasteiger partial charge in [-0.1, -0.05) is 42.0 Å². The van der Waals surface area contributed by atoms with E-state index in [0.29, 0.717) is 6.42 Å². The Balaban J connectivity index is 1.96. The van der Waals surface area contributed by atoms with Gasteiger partial charge >= 0.3 is 0 Å². The molecule has 3 nitrogen and oxygen atoms in total. The Bertz CT molecular complexity index is 605. The highest BCUT2D eigenvalue weighted by atomic mass is 16.5. The maximum atomic E-state index is 12.1. The molecule has 2 rings (SSSR count). The van der Waals surface area contributed by atoms with Gasteiger partial charge in [0.1, 0.15) is 5.75 Å². The van der Waals surface area contributed by atoms with E-state index in [1.54, 1.807) is 7.11 Å². The van der Waals surface area contributed by atoms with Gasteiger partial charge < -0.3 is 10.1 Å². The Kier molecular flexibility index (Phi) is 4.99. The first kappa shape index (κ1) is 15.1. The van der Waals surface area contributed by atoms with Crippen LogP contribution in [0.25, 0.3) is 0 Å². The van der Waals surface area contributed by atoms with Crippen molar-refractivity contribution in [3.63, 3.8) is 0 Å². The highest BCUT2D eigenvalue weighted by Crippen LogP contribution is 2.18. The lowest BCUT2D eigenvalue weighted by Crippen LogP contribution is -2.28. The molecule has 0 saturated heterocycles. The molecule has 1 atom stereocenters. The van der Waals surface area contributed by atoms with E-state index >= 15 is 0 Å². The Morgan fingerprint density at radius 1 is 1.19 bits per heavy atom.